The zero-order chi connectivity index (χ0) is 25.2. The number of hydrogen-bond donors (Lipinski definition) is 2. The molecular formula is C27H26N2O6. The normalized spacial score (nSPS) is 10.5. The molecule has 0 radical (unpaired) electrons. The van der Waals surface area contributed by atoms with Crippen LogP contribution in [-0.4, -0.2) is 39.1 Å². The predicted octanol–water partition coefficient (Wildman–Crippen LogP) is 4.07. The lowest BCUT2D eigenvalue weighted by atomic mass is 10.1. The molecule has 180 valence electrons. The van der Waals surface area contributed by atoms with Crippen LogP contribution in [0.5, 0.6) is 11.5 Å². The minimum atomic E-state index is -0.536. The Balaban J connectivity index is 1.67. The molecule has 2 amide bonds. The fraction of sp³-hybridized carbons (Fsp3) is 0.148. The molecule has 3 rings (SSSR count). The van der Waals surface area contributed by atoms with Gasteiger partial charge in [-0.15, -0.1) is 0 Å². The Labute approximate surface area is 203 Å². The van der Waals surface area contributed by atoms with Gasteiger partial charge in [-0.3, -0.25) is 9.59 Å². The summed E-state index contributed by atoms with van der Waals surface area (Å²) >= 11 is 0. The van der Waals surface area contributed by atoms with E-state index in [9.17, 15) is 14.4 Å². The van der Waals surface area contributed by atoms with Gasteiger partial charge in [-0.2, -0.15) is 0 Å². The van der Waals surface area contributed by atoms with Gasteiger partial charge >= 0.3 is 5.97 Å². The molecule has 0 spiro atoms. The number of anilines is 1. The second-order valence-corrected chi connectivity index (χ2v) is 7.35. The summed E-state index contributed by atoms with van der Waals surface area (Å²) in [7, 11) is 4.33. The number of para-hydroxylation sites is 1. The second-order valence-electron chi connectivity index (χ2n) is 7.35. The summed E-state index contributed by atoms with van der Waals surface area (Å²) in [6.45, 7) is 0.159. The monoisotopic (exact) mass is 474 g/mol. The van der Waals surface area contributed by atoms with Crippen LogP contribution in [0.3, 0.4) is 0 Å². The lowest BCUT2D eigenvalue weighted by molar-refractivity contribution is -0.111. The molecule has 3 aromatic carbocycles. The number of benzene rings is 3. The Morgan fingerprint density at radius 2 is 1.60 bits per heavy atom. The molecule has 0 saturated heterocycles. The van der Waals surface area contributed by atoms with Crippen molar-refractivity contribution in [2.24, 2.45) is 0 Å². The summed E-state index contributed by atoms with van der Waals surface area (Å²) in [5.41, 5.74) is 2.46. The molecule has 0 bridgehead atoms. The van der Waals surface area contributed by atoms with Gasteiger partial charge in [0.05, 0.1) is 32.6 Å². The predicted molar refractivity (Wildman–Crippen MR) is 133 cm³/mol. The van der Waals surface area contributed by atoms with Gasteiger partial charge in [0.1, 0.15) is 17.1 Å². The molecule has 2 N–H and O–H groups in total. The van der Waals surface area contributed by atoms with Crippen molar-refractivity contribution in [2.45, 2.75) is 6.54 Å². The van der Waals surface area contributed by atoms with Crippen LogP contribution in [0.4, 0.5) is 5.69 Å². The SMILES string of the molecule is COC(=O)c1cc(CNC(=O)c2ccccc2NC(=O)/C=C/c2ccc(OC)cc2)ccc1OC. The fourth-order valence-electron chi connectivity index (χ4n) is 3.26. The highest BCUT2D eigenvalue weighted by molar-refractivity contribution is 6.07. The molecule has 0 saturated carbocycles. The van der Waals surface area contributed by atoms with E-state index in [2.05, 4.69) is 10.6 Å². The molecule has 0 aliphatic rings. The van der Waals surface area contributed by atoms with E-state index in [4.69, 9.17) is 14.2 Å². The van der Waals surface area contributed by atoms with E-state index in [0.29, 0.717) is 22.6 Å². The van der Waals surface area contributed by atoms with Crippen molar-refractivity contribution in [3.8, 4) is 11.5 Å². The van der Waals surface area contributed by atoms with E-state index in [0.717, 1.165) is 11.3 Å². The molecule has 3 aromatic rings. The summed E-state index contributed by atoms with van der Waals surface area (Å²) in [5.74, 6) is -0.189. The second kappa shape index (κ2) is 12.0. The number of carbonyl (C=O) groups excluding carboxylic acids is 3. The highest BCUT2D eigenvalue weighted by Crippen LogP contribution is 2.21. The number of esters is 1. The number of amides is 2. The van der Waals surface area contributed by atoms with Gasteiger partial charge in [0.25, 0.3) is 5.91 Å². The lowest BCUT2D eigenvalue weighted by Crippen LogP contribution is -2.24. The van der Waals surface area contributed by atoms with Gasteiger partial charge in [-0.05, 0) is 53.6 Å². The fourth-order valence-corrected chi connectivity index (χ4v) is 3.26. The first-order valence-corrected chi connectivity index (χ1v) is 10.7. The average molecular weight is 475 g/mol. The molecule has 35 heavy (non-hydrogen) atoms. The van der Waals surface area contributed by atoms with Crippen LogP contribution >= 0.6 is 0 Å². The van der Waals surface area contributed by atoms with Crippen molar-refractivity contribution in [1.29, 1.82) is 0 Å². The van der Waals surface area contributed by atoms with Crippen LogP contribution in [0, 0.1) is 0 Å². The molecule has 0 heterocycles. The van der Waals surface area contributed by atoms with Gasteiger partial charge in [-0.1, -0.05) is 30.3 Å². The highest BCUT2D eigenvalue weighted by atomic mass is 16.5. The molecule has 0 aromatic heterocycles. The molecular weight excluding hydrogens is 448 g/mol. The quantitative estimate of drug-likeness (QED) is 0.358. The largest absolute Gasteiger partial charge is 0.497 e. The van der Waals surface area contributed by atoms with Gasteiger partial charge < -0.3 is 24.8 Å². The lowest BCUT2D eigenvalue weighted by Gasteiger charge is -2.12. The number of ether oxygens (including phenoxy) is 3. The molecule has 8 heteroatoms. The van der Waals surface area contributed by atoms with E-state index >= 15 is 0 Å². The van der Waals surface area contributed by atoms with Crippen molar-refractivity contribution in [1.82, 2.24) is 5.32 Å². The summed E-state index contributed by atoms with van der Waals surface area (Å²) < 4.78 is 15.1. The Hall–Kier alpha value is -4.59. The van der Waals surface area contributed by atoms with Crippen LogP contribution in [0.1, 0.15) is 31.8 Å². The van der Waals surface area contributed by atoms with Gasteiger partial charge in [-0.25, -0.2) is 4.79 Å². The number of methoxy groups -OCH3 is 3. The van der Waals surface area contributed by atoms with Crippen LogP contribution in [0.2, 0.25) is 0 Å². The summed E-state index contributed by atoms with van der Waals surface area (Å²) in [6.07, 6.45) is 3.06. The third kappa shape index (κ3) is 6.70. The van der Waals surface area contributed by atoms with E-state index in [1.54, 1.807) is 67.8 Å². The third-order valence-corrected chi connectivity index (χ3v) is 5.09. The summed E-state index contributed by atoms with van der Waals surface area (Å²) in [6, 6.07) is 18.9. The molecule has 0 aliphatic carbocycles. The van der Waals surface area contributed by atoms with Gasteiger partial charge in [0.2, 0.25) is 5.91 Å². The maximum Gasteiger partial charge on any atom is 0.341 e. The third-order valence-electron chi connectivity index (χ3n) is 5.09. The maximum absolute atomic E-state index is 12.8. The highest BCUT2D eigenvalue weighted by Gasteiger charge is 2.15. The van der Waals surface area contributed by atoms with E-state index in [-0.39, 0.29) is 23.9 Å². The Morgan fingerprint density at radius 1 is 0.857 bits per heavy atom. The van der Waals surface area contributed by atoms with Gasteiger partial charge in [0.15, 0.2) is 0 Å². The Bertz CT molecular complexity index is 1230. The first kappa shape index (κ1) is 25.0. The van der Waals surface area contributed by atoms with Crippen molar-refractivity contribution in [3.63, 3.8) is 0 Å². The number of nitrogens with one attached hydrogen (secondary N) is 2. The first-order chi connectivity index (χ1) is 16.9. The standard InChI is InChI=1S/C27H26N2O6/c1-33-20-12-8-18(9-13-20)11-15-25(30)29-23-7-5-4-6-21(23)26(31)28-17-19-10-14-24(34-2)22(16-19)27(32)35-3/h4-16H,17H2,1-3H3,(H,28,31)(H,29,30)/b15-11+. The molecule has 0 unspecified atom stereocenters. The van der Waals surface area contributed by atoms with Crippen molar-refractivity contribution in [2.75, 3.05) is 26.6 Å². The summed E-state index contributed by atoms with van der Waals surface area (Å²) in [4.78, 5) is 37.3. The van der Waals surface area contributed by atoms with Crippen LogP contribution in [0.15, 0.2) is 72.8 Å². The van der Waals surface area contributed by atoms with Crippen molar-refractivity contribution >= 4 is 29.5 Å². The van der Waals surface area contributed by atoms with Crippen LogP contribution < -0.4 is 20.1 Å². The van der Waals surface area contributed by atoms with Crippen molar-refractivity contribution in [3.05, 3.63) is 95.1 Å². The number of rotatable bonds is 9. The zero-order valence-electron chi connectivity index (χ0n) is 19.7. The molecule has 0 aliphatic heterocycles. The average Bonchev–Trinajstić information content (AvgIpc) is 2.90. The minimum Gasteiger partial charge on any atom is -0.497 e. The zero-order valence-corrected chi connectivity index (χ0v) is 19.7. The summed E-state index contributed by atoms with van der Waals surface area (Å²) in [5, 5.41) is 5.55. The topological polar surface area (TPSA) is 103 Å². The molecule has 0 fully saturated rings. The number of carbonyl (C=O) groups is 3. The molecule has 8 nitrogen and oxygen atoms in total. The van der Waals surface area contributed by atoms with Crippen LogP contribution in [0.25, 0.3) is 6.08 Å². The smallest absolute Gasteiger partial charge is 0.341 e. The Kier molecular flexibility index (Phi) is 8.61. The minimum absolute atomic E-state index is 0.159. The van der Waals surface area contributed by atoms with E-state index < -0.39 is 5.97 Å². The van der Waals surface area contributed by atoms with Crippen molar-refractivity contribution < 1.29 is 28.6 Å². The first-order valence-electron chi connectivity index (χ1n) is 10.7. The maximum atomic E-state index is 12.8. The molecule has 0 atom stereocenters. The van der Waals surface area contributed by atoms with E-state index in [1.807, 2.05) is 12.1 Å². The van der Waals surface area contributed by atoms with E-state index in [1.165, 1.54) is 20.3 Å². The van der Waals surface area contributed by atoms with Crippen LogP contribution in [-0.2, 0) is 16.1 Å². The van der Waals surface area contributed by atoms with Gasteiger partial charge in [0, 0.05) is 12.6 Å². The number of hydrogen-bond acceptors (Lipinski definition) is 6. The Morgan fingerprint density at radius 3 is 2.29 bits per heavy atom.